The van der Waals surface area contributed by atoms with Crippen molar-refractivity contribution in [2.45, 2.75) is 18.6 Å². The van der Waals surface area contributed by atoms with Crippen LogP contribution in [-0.2, 0) is 4.74 Å². The molecule has 0 radical (unpaired) electrons. The maximum absolute atomic E-state index is 12.0. The van der Waals surface area contributed by atoms with Crippen LogP contribution in [0.2, 0.25) is 0 Å². The van der Waals surface area contributed by atoms with Crippen LogP contribution < -0.4 is 10.2 Å². The molecular formula is C16H18N4O2S. The summed E-state index contributed by atoms with van der Waals surface area (Å²) < 4.78 is 6.10. The first-order valence-electron chi connectivity index (χ1n) is 7.77. The van der Waals surface area contributed by atoms with E-state index < -0.39 is 0 Å². The summed E-state index contributed by atoms with van der Waals surface area (Å²) in [6.07, 6.45) is 4.81. The van der Waals surface area contributed by atoms with E-state index in [4.69, 9.17) is 4.74 Å². The zero-order valence-corrected chi connectivity index (χ0v) is 13.4. The van der Waals surface area contributed by atoms with Crippen LogP contribution in [0.1, 0.15) is 16.8 Å². The van der Waals surface area contributed by atoms with Gasteiger partial charge in [-0.3, -0.25) is 4.79 Å². The van der Waals surface area contributed by atoms with Crippen LogP contribution in [0.5, 0.6) is 0 Å². The Kier molecular flexibility index (Phi) is 3.97. The minimum absolute atomic E-state index is 0.0220. The number of anilines is 1. The molecule has 1 amide bonds. The van der Waals surface area contributed by atoms with Gasteiger partial charge in [0.05, 0.1) is 12.2 Å². The highest BCUT2D eigenvalue weighted by atomic mass is 32.1. The number of hydrogen-bond acceptors (Lipinski definition) is 6. The van der Waals surface area contributed by atoms with Gasteiger partial charge in [-0.1, -0.05) is 0 Å². The first-order valence-corrected chi connectivity index (χ1v) is 8.71. The number of amides is 1. The molecule has 2 saturated heterocycles. The number of rotatable bonds is 4. The normalized spacial score (nSPS) is 26.3. The van der Waals surface area contributed by atoms with Crippen molar-refractivity contribution in [3.63, 3.8) is 0 Å². The Morgan fingerprint density at radius 2 is 2.26 bits per heavy atom. The number of fused-ring (bicyclic) bond motifs is 1. The summed E-state index contributed by atoms with van der Waals surface area (Å²) in [6.45, 7) is 2.32. The minimum atomic E-state index is -0.0220. The smallest absolute Gasteiger partial charge is 0.252 e. The number of carbonyl (C=O) groups is 1. The fourth-order valence-corrected chi connectivity index (χ4v) is 3.95. The number of nitrogens with one attached hydrogen (secondary N) is 1. The second kappa shape index (κ2) is 6.25. The number of nitrogens with zero attached hydrogens (tertiary/aromatic N) is 3. The molecule has 0 aromatic carbocycles. The summed E-state index contributed by atoms with van der Waals surface area (Å²) in [4.78, 5) is 22.7. The molecule has 2 aliphatic heterocycles. The van der Waals surface area contributed by atoms with Crippen molar-refractivity contribution in [3.05, 3.63) is 40.8 Å². The molecular weight excluding hydrogens is 312 g/mol. The zero-order chi connectivity index (χ0) is 15.6. The second-order valence-electron chi connectivity index (χ2n) is 5.97. The first-order chi connectivity index (χ1) is 11.3. The van der Waals surface area contributed by atoms with E-state index in [1.165, 1.54) is 11.3 Å². The van der Waals surface area contributed by atoms with Crippen molar-refractivity contribution in [1.29, 1.82) is 0 Å². The molecule has 0 bridgehead atoms. The maximum Gasteiger partial charge on any atom is 0.252 e. The third-order valence-corrected chi connectivity index (χ3v) is 5.11. The van der Waals surface area contributed by atoms with E-state index in [2.05, 4.69) is 20.2 Å². The van der Waals surface area contributed by atoms with E-state index in [9.17, 15) is 4.79 Å². The van der Waals surface area contributed by atoms with Crippen LogP contribution in [-0.4, -0.2) is 47.7 Å². The van der Waals surface area contributed by atoms with Gasteiger partial charge in [0.15, 0.2) is 0 Å². The molecule has 3 atom stereocenters. The maximum atomic E-state index is 12.0. The highest BCUT2D eigenvalue weighted by molar-refractivity contribution is 7.08. The monoisotopic (exact) mass is 330 g/mol. The number of thiophene rings is 1. The molecule has 4 rings (SSSR count). The quantitative estimate of drug-likeness (QED) is 0.921. The van der Waals surface area contributed by atoms with E-state index in [0.717, 1.165) is 31.0 Å². The Hall–Kier alpha value is -1.99. The van der Waals surface area contributed by atoms with Crippen molar-refractivity contribution in [2.24, 2.45) is 5.92 Å². The number of carbonyl (C=O) groups excluding carboxylic acids is 1. The van der Waals surface area contributed by atoms with Crippen LogP contribution in [0, 0.1) is 5.92 Å². The van der Waals surface area contributed by atoms with Crippen molar-refractivity contribution < 1.29 is 9.53 Å². The topological polar surface area (TPSA) is 67.4 Å². The van der Waals surface area contributed by atoms with Crippen LogP contribution in [0.25, 0.3) is 0 Å². The van der Waals surface area contributed by atoms with Gasteiger partial charge in [0.1, 0.15) is 0 Å². The molecule has 0 unspecified atom stereocenters. The van der Waals surface area contributed by atoms with Crippen LogP contribution in [0.3, 0.4) is 0 Å². The standard InChI is InChI=1S/C16H18N4O2S/c21-15(11-2-5-23-10-11)19-7-13-6-12-8-20(9-14(12)22-13)16-17-3-1-4-18-16/h1-5,10,12-14H,6-9H2,(H,19,21)/t12-,13-,14+/m1/s1. The highest BCUT2D eigenvalue weighted by Gasteiger charge is 2.42. The van der Waals surface area contributed by atoms with Gasteiger partial charge in [0, 0.05) is 48.9 Å². The predicted molar refractivity (Wildman–Crippen MR) is 87.7 cm³/mol. The Balaban J connectivity index is 1.28. The lowest BCUT2D eigenvalue weighted by atomic mass is 10.0. The third-order valence-electron chi connectivity index (χ3n) is 4.42. The molecule has 2 aliphatic rings. The summed E-state index contributed by atoms with van der Waals surface area (Å²) >= 11 is 1.53. The van der Waals surface area contributed by atoms with E-state index in [1.807, 2.05) is 22.9 Å². The van der Waals surface area contributed by atoms with Crippen molar-refractivity contribution >= 4 is 23.2 Å². The van der Waals surface area contributed by atoms with Crippen molar-refractivity contribution in [1.82, 2.24) is 15.3 Å². The van der Waals surface area contributed by atoms with Gasteiger partial charge in [-0.25, -0.2) is 9.97 Å². The van der Waals surface area contributed by atoms with Gasteiger partial charge in [-0.2, -0.15) is 11.3 Å². The van der Waals surface area contributed by atoms with Crippen LogP contribution in [0.4, 0.5) is 5.95 Å². The van der Waals surface area contributed by atoms with Gasteiger partial charge in [-0.15, -0.1) is 0 Å². The molecule has 1 N–H and O–H groups in total. The fourth-order valence-electron chi connectivity index (χ4n) is 3.31. The molecule has 4 heterocycles. The summed E-state index contributed by atoms with van der Waals surface area (Å²) in [5.41, 5.74) is 0.723. The average Bonchev–Trinajstić information content (AvgIpc) is 3.29. The minimum Gasteiger partial charge on any atom is -0.371 e. The Morgan fingerprint density at radius 3 is 3.00 bits per heavy atom. The van der Waals surface area contributed by atoms with Gasteiger partial charge in [0.25, 0.3) is 5.91 Å². The molecule has 0 saturated carbocycles. The summed E-state index contributed by atoms with van der Waals surface area (Å²) in [5.74, 6) is 1.24. The van der Waals surface area contributed by atoms with Gasteiger partial charge >= 0.3 is 0 Å². The fraction of sp³-hybridized carbons (Fsp3) is 0.438. The zero-order valence-electron chi connectivity index (χ0n) is 12.6. The molecule has 23 heavy (non-hydrogen) atoms. The summed E-state index contributed by atoms with van der Waals surface area (Å²) in [5, 5.41) is 6.73. The first kappa shape index (κ1) is 14.6. The lowest BCUT2D eigenvalue weighted by Gasteiger charge is -2.19. The van der Waals surface area contributed by atoms with E-state index in [1.54, 1.807) is 12.4 Å². The van der Waals surface area contributed by atoms with Gasteiger partial charge in [0.2, 0.25) is 5.95 Å². The Morgan fingerprint density at radius 1 is 1.39 bits per heavy atom. The lowest BCUT2D eigenvalue weighted by Crippen LogP contribution is -2.34. The average molecular weight is 330 g/mol. The number of aromatic nitrogens is 2. The molecule has 120 valence electrons. The summed E-state index contributed by atoms with van der Waals surface area (Å²) in [7, 11) is 0. The van der Waals surface area contributed by atoms with Crippen LogP contribution in [0.15, 0.2) is 35.3 Å². The summed E-state index contributed by atoms with van der Waals surface area (Å²) in [6, 6.07) is 3.66. The highest BCUT2D eigenvalue weighted by Crippen LogP contribution is 2.33. The van der Waals surface area contributed by atoms with Gasteiger partial charge in [-0.05, 0) is 23.9 Å². The number of ether oxygens (including phenoxy) is 1. The second-order valence-corrected chi connectivity index (χ2v) is 6.75. The molecule has 6 nitrogen and oxygen atoms in total. The van der Waals surface area contributed by atoms with E-state index in [0.29, 0.717) is 12.5 Å². The van der Waals surface area contributed by atoms with Crippen LogP contribution >= 0.6 is 11.3 Å². The van der Waals surface area contributed by atoms with E-state index >= 15 is 0 Å². The molecule has 0 aliphatic carbocycles. The Bertz CT molecular complexity index is 650. The molecule has 7 heteroatoms. The van der Waals surface area contributed by atoms with Crippen molar-refractivity contribution in [2.75, 3.05) is 24.5 Å². The SMILES string of the molecule is O=C(NC[C@H]1C[C@@H]2CN(c3ncccn3)C[C@@H]2O1)c1ccsc1. The molecule has 2 aromatic heterocycles. The number of hydrogen-bond donors (Lipinski definition) is 1. The Labute approximate surface area is 138 Å². The molecule has 0 spiro atoms. The van der Waals surface area contributed by atoms with E-state index in [-0.39, 0.29) is 18.1 Å². The molecule has 2 fully saturated rings. The molecule has 2 aromatic rings. The van der Waals surface area contributed by atoms with Gasteiger partial charge < -0.3 is 15.0 Å². The lowest BCUT2D eigenvalue weighted by molar-refractivity contribution is 0.0479. The third kappa shape index (κ3) is 3.07. The predicted octanol–water partition coefficient (Wildman–Crippen LogP) is 1.56. The largest absolute Gasteiger partial charge is 0.371 e. The van der Waals surface area contributed by atoms with Crippen molar-refractivity contribution in [3.8, 4) is 0 Å².